The third-order valence-electron chi connectivity index (χ3n) is 5.33. The van der Waals surface area contributed by atoms with Crippen molar-refractivity contribution in [2.45, 2.75) is 26.9 Å². The second-order valence-corrected chi connectivity index (χ2v) is 6.99. The molecule has 26 heavy (non-hydrogen) atoms. The topological polar surface area (TPSA) is 76.1 Å². The van der Waals surface area contributed by atoms with Gasteiger partial charge in [0.1, 0.15) is 5.75 Å². The maximum atomic E-state index is 12.9. The Bertz CT molecular complexity index is 715. The van der Waals surface area contributed by atoms with Gasteiger partial charge in [0.05, 0.1) is 12.0 Å². The van der Waals surface area contributed by atoms with Crippen LogP contribution >= 0.6 is 0 Å². The number of aryl methyl sites for hydroxylation is 2. The van der Waals surface area contributed by atoms with Crippen molar-refractivity contribution in [2.24, 2.45) is 11.3 Å². The highest BCUT2D eigenvalue weighted by atomic mass is 19.3. The molecule has 0 unspecified atom stereocenters. The Morgan fingerprint density at radius 2 is 2.00 bits per heavy atom. The number of hydrogen-bond acceptors (Lipinski definition) is 4. The number of rotatable bonds is 4. The highest BCUT2D eigenvalue weighted by Gasteiger charge is 2.54. The van der Waals surface area contributed by atoms with Gasteiger partial charge in [-0.25, -0.2) is 0 Å². The monoisotopic (exact) mass is 369 g/mol. The summed E-state index contributed by atoms with van der Waals surface area (Å²) in [7, 11) is 0. The molecule has 2 atom stereocenters. The van der Waals surface area contributed by atoms with Crippen molar-refractivity contribution in [1.29, 1.82) is 0 Å². The quantitative estimate of drug-likeness (QED) is 0.882. The van der Waals surface area contributed by atoms with Gasteiger partial charge in [-0.15, -0.1) is 0 Å². The number of alkyl halides is 2. The average Bonchev–Trinajstić information content (AvgIpc) is 2.98. The average molecular weight is 369 g/mol. The van der Waals surface area contributed by atoms with Crippen molar-refractivity contribution >= 4 is 11.9 Å². The van der Waals surface area contributed by atoms with Crippen LogP contribution in [-0.4, -0.2) is 54.8 Å². The lowest BCUT2D eigenvalue weighted by atomic mass is 9.74. The largest absolute Gasteiger partial charge is 0.481 e. The number of ether oxygens (including phenoxy) is 2. The number of carboxylic acids is 1. The van der Waals surface area contributed by atoms with Crippen LogP contribution in [0.3, 0.4) is 0 Å². The van der Waals surface area contributed by atoms with Crippen molar-refractivity contribution in [3.8, 4) is 5.75 Å². The Balaban J connectivity index is 1.85. The molecular formula is C18H21F2NO5. The summed E-state index contributed by atoms with van der Waals surface area (Å²) in [5, 5.41) is 9.70. The Morgan fingerprint density at radius 1 is 1.35 bits per heavy atom. The van der Waals surface area contributed by atoms with Crippen LogP contribution < -0.4 is 4.74 Å². The molecule has 2 saturated heterocycles. The van der Waals surface area contributed by atoms with Gasteiger partial charge >= 0.3 is 12.6 Å². The van der Waals surface area contributed by atoms with Gasteiger partial charge in [0, 0.05) is 31.2 Å². The third-order valence-corrected chi connectivity index (χ3v) is 5.33. The zero-order valence-electron chi connectivity index (χ0n) is 14.6. The van der Waals surface area contributed by atoms with E-state index in [2.05, 4.69) is 4.74 Å². The molecule has 1 N–H and O–H groups in total. The SMILES string of the molecule is Cc1cc(C(=O)N2C[C@H]3COCC[C@@]3(C(=O)O)C2)cc(C)c1OC(F)F. The minimum absolute atomic E-state index is 0.0575. The third kappa shape index (κ3) is 3.13. The Hall–Kier alpha value is -2.22. The first-order chi connectivity index (χ1) is 12.2. The fraction of sp³-hybridized carbons (Fsp3) is 0.556. The number of carbonyl (C=O) groups is 2. The fourth-order valence-corrected chi connectivity index (χ4v) is 3.99. The molecule has 8 heteroatoms. The standard InChI is InChI=1S/C18H21F2NO5/c1-10-5-12(6-11(2)14(10)26-17(19)20)15(22)21-7-13-8-25-4-3-18(13,9-21)16(23)24/h5-6,13,17H,3-4,7-9H2,1-2H3,(H,23,24)/t13-,18+/m0/s1. The predicted octanol–water partition coefficient (Wildman–Crippen LogP) is 2.47. The smallest absolute Gasteiger partial charge is 0.387 e. The maximum absolute atomic E-state index is 12.9. The number of nitrogens with zero attached hydrogens (tertiary/aromatic N) is 1. The number of aliphatic carboxylic acids is 1. The number of fused-ring (bicyclic) bond motifs is 1. The molecule has 0 saturated carbocycles. The van der Waals surface area contributed by atoms with Crippen LogP contribution in [0.15, 0.2) is 12.1 Å². The molecule has 3 rings (SSSR count). The summed E-state index contributed by atoms with van der Waals surface area (Å²) in [6.07, 6.45) is 0.371. The zero-order chi connectivity index (χ0) is 19.1. The molecule has 1 aromatic carbocycles. The summed E-state index contributed by atoms with van der Waals surface area (Å²) >= 11 is 0. The lowest BCUT2D eigenvalue weighted by Crippen LogP contribution is -2.45. The Labute approximate surface area is 149 Å². The van der Waals surface area contributed by atoms with Crippen molar-refractivity contribution in [3.05, 3.63) is 28.8 Å². The van der Waals surface area contributed by atoms with Crippen molar-refractivity contribution in [2.75, 3.05) is 26.3 Å². The molecule has 1 aromatic rings. The molecule has 2 fully saturated rings. The summed E-state index contributed by atoms with van der Waals surface area (Å²) in [6, 6.07) is 3.00. The second kappa shape index (κ2) is 6.83. The van der Waals surface area contributed by atoms with Gasteiger partial charge in [-0.2, -0.15) is 8.78 Å². The number of carbonyl (C=O) groups excluding carboxylic acids is 1. The lowest BCUT2D eigenvalue weighted by molar-refractivity contribution is -0.157. The number of likely N-dealkylation sites (tertiary alicyclic amines) is 1. The van der Waals surface area contributed by atoms with Crippen LogP contribution in [-0.2, 0) is 9.53 Å². The first-order valence-electron chi connectivity index (χ1n) is 8.41. The van der Waals surface area contributed by atoms with Crippen molar-refractivity contribution in [3.63, 3.8) is 0 Å². The number of hydrogen-bond donors (Lipinski definition) is 1. The fourth-order valence-electron chi connectivity index (χ4n) is 3.99. The first kappa shape index (κ1) is 18.6. The van der Waals surface area contributed by atoms with Crippen LogP contribution in [0.25, 0.3) is 0 Å². The summed E-state index contributed by atoms with van der Waals surface area (Å²) in [5.41, 5.74) is 0.223. The van der Waals surface area contributed by atoms with E-state index in [0.29, 0.717) is 42.9 Å². The minimum Gasteiger partial charge on any atom is -0.481 e. The highest BCUT2D eigenvalue weighted by Crippen LogP contribution is 2.43. The van der Waals surface area contributed by atoms with E-state index in [0.717, 1.165) is 0 Å². The molecule has 6 nitrogen and oxygen atoms in total. The molecule has 0 radical (unpaired) electrons. The van der Waals surface area contributed by atoms with Gasteiger partial charge in [-0.05, 0) is 43.5 Å². The molecular weight excluding hydrogens is 348 g/mol. The molecule has 0 aliphatic carbocycles. The van der Waals surface area contributed by atoms with Crippen LogP contribution in [0.1, 0.15) is 27.9 Å². The van der Waals surface area contributed by atoms with E-state index in [1.807, 2.05) is 0 Å². The Morgan fingerprint density at radius 3 is 2.54 bits per heavy atom. The van der Waals surface area contributed by atoms with Crippen molar-refractivity contribution in [1.82, 2.24) is 4.90 Å². The van der Waals surface area contributed by atoms with Gasteiger partial charge in [0.2, 0.25) is 0 Å². The summed E-state index contributed by atoms with van der Waals surface area (Å²) in [6.45, 7) is 1.36. The van der Waals surface area contributed by atoms with Gasteiger partial charge < -0.3 is 19.5 Å². The second-order valence-electron chi connectivity index (χ2n) is 6.99. The molecule has 142 valence electrons. The van der Waals surface area contributed by atoms with Crippen LogP contribution in [0.5, 0.6) is 5.75 Å². The van der Waals surface area contributed by atoms with E-state index in [4.69, 9.17) is 4.74 Å². The summed E-state index contributed by atoms with van der Waals surface area (Å²) in [4.78, 5) is 26.3. The number of amides is 1. The van der Waals surface area contributed by atoms with E-state index in [-0.39, 0.29) is 24.1 Å². The normalized spacial score (nSPS) is 25.3. The van der Waals surface area contributed by atoms with E-state index >= 15 is 0 Å². The van der Waals surface area contributed by atoms with E-state index in [1.165, 1.54) is 17.0 Å². The van der Waals surface area contributed by atoms with Crippen LogP contribution in [0, 0.1) is 25.2 Å². The summed E-state index contributed by atoms with van der Waals surface area (Å²) in [5.74, 6) is -1.41. The highest BCUT2D eigenvalue weighted by molar-refractivity contribution is 5.96. The van der Waals surface area contributed by atoms with Gasteiger partial charge in [-0.3, -0.25) is 9.59 Å². The molecule has 0 spiro atoms. The van der Waals surface area contributed by atoms with Gasteiger partial charge in [-0.1, -0.05) is 0 Å². The molecule has 2 aliphatic heterocycles. The molecule has 2 aliphatic rings. The number of halogens is 2. The van der Waals surface area contributed by atoms with Gasteiger partial charge in [0.25, 0.3) is 5.91 Å². The minimum atomic E-state index is -2.94. The lowest BCUT2D eigenvalue weighted by Gasteiger charge is -2.33. The molecule has 0 aromatic heterocycles. The number of benzene rings is 1. The molecule has 1 amide bonds. The van der Waals surface area contributed by atoms with E-state index in [9.17, 15) is 23.5 Å². The van der Waals surface area contributed by atoms with E-state index < -0.39 is 18.0 Å². The number of carboxylic acid groups (broad SMARTS) is 1. The zero-order valence-corrected chi connectivity index (χ0v) is 14.6. The predicted molar refractivity (Wildman–Crippen MR) is 87.4 cm³/mol. The van der Waals surface area contributed by atoms with E-state index in [1.54, 1.807) is 13.8 Å². The van der Waals surface area contributed by atoms with Gasteiger partial charge in [0.15, 0.2) is 0 Å². The van der Waals surface area contributed by atoms with Crippen molar-refractivity contribution < 1.29 is 33.0 Å². The Kier molecular flexibility index (Phi) is 4.88. The molecule has 2 heterocycles. The maximum Gasteiger partial charge on any atom is 0.387 e. The first-order valence-corrected chi connectivity index (χ1v) is 8.41. The molecule has 0 bridgehead atoms. The van der Waals surface area contributed by atoms with Crippen LogP contribution in [0.4, 0.5) is 8.78 Å². The summed E-state index contributed by atoms with van der Waals surface area (Å²) < 4.78 is 34.9. The van der Waals surface area contributed by atoms with Crippen LogP contribution in [0.2, 0.25) is 0 Å².